The van der Waals surface area contributed by atoms with Crippen molar-refractivity contribution in [2.24, 2.45) is 0 Å². The predicted molar refractivity (Wildman–Crippen MR) is 96.7 cm³/mol. The molecule has 2 aromatic carbocycles. The predicted octanol–water partition coefficient (Wildman–Crippen LogP) is 3.65. The third-order valence-electron chi connectivity index (χ3n) is 5.03. The van der Waals surface area contributed by atoms with Gasteiger partial charge >= 0.3 is 0 Å². The van der Waals surface area contributed by atoms with Gasteiger partial charge in [-0.25, -0.2) is 0 Å². The van der Waals surface area contributed by atoms with E-state index in [0.717, 1.165) is 13.1 Å². The lowest BCUT2D eigenvalue weighted by atomic mass is 9.88. The van der Waals surface area contributed by atoms with Gasteiger partial charge in [0.15, 0.2) is 0 Å². The Labute approximate surface area is 143 Å². The Morgan fingerprint density at radius 1 is 0.958 bits per heavy atom. The zero-order chi connectivity index (χ0) is 16.4. The molecule has 4 rings (SSSR count). The number of carbonyl (C=O) groups is 1. The van der Waals surface area contributed by atoms with Gasteiger partial charge in [-0.1, -0.05) is 54.6 Å². The van der Waals surface area contributed by atoms with Crippen molar-refractivity contribution in [3.8, 4) is 0 Å². The zero-order valence-corrected chi connectivity index (χ0v) is 13.7. The average Bonchev–Trinajstić information content (AvgIpc) is 3.17. The number of likely N-dealkylation sites (tertiary alicyclic amines) is 1. The number of rotatable bonds is 3. The van der Waals surface area contributed by atoms with Gasteiger partial charge in [0.05, 0.1) is 12.1 Å². The molecule has 0 saturated carbocycles. The molecule has 122 valence electrons. The first-order valence-electron chi connectivity index (χ1n) is 8.70. The van der Waals surface area contributed by atoms with Crippen LogP contribution in [0.2, 0.25) is 0 Å². The normalized spacial score (nSPS) is 23.0. The van der Waals surface area contributed by atoms with Crippen molar-refractivity contribution in [2.45, 2.75) is 24.9 Å². The van der Waals surface area contributed by atoms with Gasteiger partial charge in [-0.15, -0.1) is 0 Å². The summed E-state index contributed by atoms with van der Waals surface area (Å²) in [5.74, 6) is -0.00472. The summed E-state index contributed by atoms with van der Waals surface area (Å²) < 4.78 is 0. The lowest BCUT2D eigenvalue weighted by Gasteiger charge is -2.36. The van der Waals surface area contributed by atoms with Gasteiger partial charge in [-0.2, -0.15) is 0 Å². The van der Waals surface area contributed by atoms with Gasteiger partial charge in [0.2, 0.25) is 0 Å². The summed E-state index contributed by atoms with van der Waals surface area (Å²) in [7, 11) is 0. The third-order valence-corrected chi connectivity index (χ3v) is 5.03. The maximum Gasteiger partial charge on any atom is 0.251 e. The van der Waals surface area contributed by atoms with Crippen LogP contribution in [0.5, 0.6) is 0 Å². The summed E-state index contributed by atoms with van der Waals surface area (Å²) in [6.45, 7) is 2.21. The summed E-state index contributed by atoms with van der Waals surface area (Å²) in [5, 5.41) is 3.29. The molecular formula is C21H22N2O. The highest BCUT2D eigenvalue weighted by molar-refractivity contribution is 5.94. The standard InChI is InChI=1S/C21H22N2O/c24-21(17-9-2-1-3-10-17)22-20-18-11-5-4-8-16(18)12-13-19(20)23-14-6-7-15-23/h1-5,8-13,19-20H,6-7,14-15H2,(H,22,24)/t19-,20-/m0/s1. The number of fused-ring (bicyclic) bond motifs is 1. The van der Waals surface area contributed by atoms with E-state index in [0.29, 0.717) is 5.56 Å². The number of hydrogen-bond donors (Lipinski definition) is 1. The van der Waals surface area contributed by atoms with E-state index in [1.54, 1.807) is 0 Å². The first kappa shape index (κ1) is 15.2. The first-order valence-corrected chi connectivity index (χ1v) is 8.70. The molecule has 2 aliphatic rings. The van der Waals surface area contributed by atoms with Crippen LogP contribution in [0.4, 0.5) is 0 Å². The van der Waals surface area contributed by atoms with Crippen molar-refractivity contribution in [1.82, 2.24) is 10.2 Å². The van der Waals surface area contributed by atoms with Gasteiger partial charge in [-0.05, 0) is 49.2 Å². The van der Waals surface area contributed by atoms with E-state index in [4.69, 9.17) is 0 Å². The van der Waals surface area contributed by atoms with Crippen LogP contribution in [0.15, 0.2) is 60.7 Å². The molecule has 1 fully saturated rings. The number of amides is 1. The smallest absolute Gasteiger partial charge is 0.251 e. The minimum absolute atomic E-state index is 0.00277. The van der Waals surface area contributed by atoms with Gasteiger partial charge in [0.25, 0.3) is 5.91 Å². The van der Waals surface area contributed by atoms with E-state index in [2.05, 4.69) is 46.6 Å². The van der Waals surface area contributed by atoms with Gasteiger partial charge in [0, 0.05) is 5.56 Å². The molecule has 3 nitrogen and oxygen atoms in total. The first-order chi connectivity index (χ1) is 11.8. The average molecular weight is 318 g/mol. The number of nitrogens with one attached hydrogen (secondary N) is 1. The van der Waals surface area contributed by atoms with Crippen LogP contribution in [0.1, 0.15) is 40.4 Å². The second kappa shape index (κ2) is 6.62. The summed E-state index contributed by atoms with van der Waals surface area (Å²) >= 11 is 0. The van der Waals surface area contributed by atoms with Gasteiger partial charge in [-0.3, -0.25) is 9.69 Å². The topological polar surface area (TPSA) is 32.3 Å². The molecule has 1 saturated heterocycles. The second-order valence-corrected chi connectivity index (χ2v) is 6.54. The molecule has 0 aromatic heterocycles. The third kappa shape index (κ3) is 2.87. The highest BCUT2D eigenvalue weighted by Gasteiger charge is 2.33. The van der Waals surface area contributed by atoms with Crippen LogP contribution in [0.25, 0.3) is 6.08 Å². The monoisotopic (exact) mass is 318 g/mol. The molecule has 2 aromatic rings. The van der Waals surface area contributed by atoms with Crippen LogP contribution in [-0.4, -0.2) is 29.9 Å². The maximum atomic E-state index is 12.7. The summed E-state index contributed by atoms with van der Waals surface area (Å²) in [6.07, 6.45) is 6.93. The Bertz CT molecular complexity index is 747. The summed E-state index contributed by atoms with van der Waals surface area (Å²) in [4.78, 5) is 15.2. The Hall–Kier alpha value is -2.39. The fraction of sp³-hybridized carbons (Fsp3) is 0.286. The molecule has 3 heteroatoms. The van der Waals surface area contributed by atoms with Crippen molar-refractivity contribution < 1.29 is 4.79 Å². The van der Waals surface area contributed by atoms with E-state index in [1.807, 2.05) is 30.3 Å². The lowest BCUT2D eigenvalue weighted by molar-refractivity contribution is 0.0912. The van der Waals surface area contributed by atoms with Crippen LogP contribution in [-0.2, 0) is 0 Å². The number of nitrogens with zero attached hydrogens (tertiary/aromatic N) is 1. The molecule has 0 radical (unpaired) electrons. The molecule has 1 aliphatic carbocycles. The molecule has 1 N–H and O–H groups in total. The van der Waals surface area contributed by atoms with Crippen LogP contribution in [0, 0.1) is 0 Å². The zero-order valence-electron chi connectivity index (χ0n) is 13.7. The van der Waals surface area contributed by atoms with E-state index in [9.17, 15) is 4.79 Å². The maximum absolute atomic E-state index is 12.7. The number of benzene rings is 2. The summed E-state index contributed by atoms with van der Waals surface area (Å²) in [5.41, 5.74) is 3.12. The Balaban J connectivity index is 1.65. The SMILES string of the molecule is O=C(N[C@H]1c2ccccc2C=C[C@@H]1N1CCCC1)c1ccccc1. The molecule has 1 heterocycles. The molecule has 1 aliphatic heterocycles. The summed E-state index contributed by atoms with van der Waals surface area (Å²) in [6, 6.07) is 18.1. The molecule has 0 unspecified atom stereocenters. The van der Waals surface area contributed by atoms with E-state index >= 15 is 0 Å². The van der Waals surface area contributed by atoms with Gasteiger partial charge in [0.1, 0.15) is 0 Å². The Morgan fingerprint density at radius 2 is 1.67 bits per heavy atom. The van der Waals surface area contributed by atoms with Crippen molar-refractivity contribution in [3.05, 3.63) is 77.4 Å². The molecular weight excluding hydrogens is 296 g/mol. The van der Waals surface area contributed by atoms with Gasteiger partial charge < -0.3 is 5.32 Å². The lowest BCUT2D eigenvalue weighted by Crippen LogP contribution is -2.45. The number of carbonyl (C=O) groups excluding carboxylic acids is 1. The molecule has 0 bridgehead atoms. The highest BCUT2D eigenvalue weighted by atomic mass is 16.1. The van der Waals surface area contributed by atoms with Crippen LogP contribution >= 0.6 is 0 Å². The molecule has 24 heavy (non-hydrogen) atoms. The number of hydrogen-bond acceptors (Lipinski definition) is 2. The molecule has 0 spiro atoms. The van der Waals surface area contributed by atoms with E-state index < -0.39 is 0 Å². The van der Waals surface area contributed by atoms with Crippen molar-refractivity contribution in [2.75, 3.05) is 13.1 Å². The van der Waals surface area contributed by atoms with E-state index in [1.165, 1.54) is 24.0 Å². The van der Waals surface area contributed by atoms with Crippen molar-refractivity contribution in [3.63, 3.8) is 0 Å². The highest BCUT2D eigenvalue weighted by Crippen LogP contribution is 2.32. The fourth-order valence-corrected chi connectivity index (χ4v) is 3.79. The minimum atomic E-state index is -0.00472. The van der Waals surface area contributed by atoms with Crippen molar-refractivity contribution >= 4 is 12.0 Å². The molecule has 2 atom stereocenters. The van der Waals surface area contributed by atoms with Crippen molar-refractivity contribution in [1.29, 1.82) is 0 Å². The van der Waals surface area contributed by atoms with Crippen LogP contribution in [0.3, 0.4) is 0 Å². The fourth-order valence-electron chi connectivity index (χ4n) is 3.79. The quantitative estimate of drug-likeness (QED) is 0.937. The second-order valence-electron chi connectivity index (χ2n) is 6.54. The molecule has 1 amide bonds. The Kier molecular flexibility index (Phi) is 4.18. The van der Waals surface area contributed by atoms with E-state index in [-0.39, 0.29) is 18.0 Å². The Morgan fingerprint density at radius 3 is 2.46 bits per heavy atom. The largest absolute Gasteiger partial charge is 0.343 e. The minimum Gasteiger partial charge on any atom is -0.343 e. The van der Waals surface area contributed by atoms with Crippen LogP contribution < -0.4 is 5.32 Å².